The molecule has 1 aromatic heterocycles. The molecule has 1 N–H and O–H groups in total. The maximum atomic E-state index is 12.4. The van der Waals surface area contributed by atoms with E-state index in [4.69, 9.17) is 4.98 Å². The fourth-order valence-corrected chi connectivity index (χ4v) is 3.28. The van der Waals surface area contributed by atoms with Crippen LogP contribution in [0, 0.1) is 0 Å². The second-order valence-electron chi connectivity index (χ2n) is 6.76. The number of benzene rings is 2. The van der Waals surface area contributed by atoms with Crippen LogP contribution in [0.1, 0.15) is 36.6 Å². The number of hydrogen-bond donors (Lipinski definition) is 1. The summed E-state index contributed by atoms with van der Waals surface area (Å²) in [4.78, 5) is 17.1. The average Bonchev–Trinajstić information content (AvgIpc) is 3.43. The minimum Gasteiger partial charge on any atom is -0.355 e. The predicted octanol–water partition coefficient (Wildman–Crippen LogP) is 3.66. The summed E-state index contributed by atoms with van der Waals surface area (Å²) in [5, 5.41) is 3.05. The number of rotatable bonds is 7. The summed E-state index contributed by atoms with van der Waals surface area (Å²) in [6.45, 7) is 1.07. The average molecular weight is 333 g/mol. The Bertz CT molecular complexity index is 865. The highest BCUT2D eigenvalue weighted by atomic mass is 16.1. The van der Waals surface area contributed by atoms with Crippen molar-refractivity contribution in [1.29, 1.82) is 0 Å². The van der Waals surface area contributed by atoms with Crippen molar-refractivity contribution >= 4 is 16.9 Å². The van der Waals surface area contributed by atoms with Crippen molar-refractivity contribution in [1.82, 2.24) is 14.9 Å². The van der Waals surface area contributed by atoms with Crippen LogP contribution < -0.4 is 5.32 Å². The molecule has 1 amide bonds. The third-order valence-electron chi connectivity index (χ3n) is 4.74. The lowest BCUT2D eigenvalue weighted by Crippen LogP contribution is -2.29. The molecule has 0 radical (unpaired) electrons. The van der Waals surface area contributed by atoms with Crippen molar-refractivity contribution in [3.63, 3.8) is 0 Å². The predicted molar refractivity (Wildman–Crippen MR) is 99.5 cm³/mol. The van der Waals surface area contributed by atoms with Gasteiger partial charge in [-0.15, -0.1) is 0 Å². The largest absolute Gasteiger partial charge is 0.355 e. The van der Waals surface area contributed by atoms with Gasteiger partial charge >= 0.3 is 0 Å². The van der Waals surface area contributed by atoms with Crippen molar-refractivity contribution in [2.45, 2.75) is 38.1 Å². The van der Waals surface area contributed by atoms with Crippen molar-refractivity contribution < 1.29 is 4.79 Å². The van der Waals surface area contributed by atoms with Gasteiger partial charge in [-0.05, 0) is 43.4 Å². The maximum Gasteiger partial charge on any atom is 0.240 e. The van der Waals surface area contributed by atoms with Crippen LogP contribution in [0.25, 0.3) is 11.0 Å². The van der Waals surface area contributed by atoms with Gasteiger partial charge in [0.15, 0.2) is 0 Å². The Morgan fingerprint density at radius 2 is 1.84 bits per heavy atom. The summed E-state index contributed by atoms with van der Waals surface area (Å²) < 4.78 is 2.10. The third-order valence-corrected chi connectivity index (χ3v) is 4.74. The van der Waals surface area contributed by atoms with Crippen molar-refractivity contribution in [3.8, 4) is 0 Å². The number of carbonyl (C=O) groups is 1. The number of carbonyl (C=O) groups excluding carboxylic acids is 1. The molecule has 4 rings (SSSR count). The summed E-state index contributed by atoms with van der Waals surface area (Å²) in [5.74, 6) is 1.66. The molecule has 1 saturated carbocycles. The van der Waals surface area contributed by atoms with E-state index in [2.05, 4.69) is 40.2 Å². The molecule has 0 spiro atoms. The Labute approximate surface area is 147 Å². The van der Waals surface area contributed by atoms with Crippen LogP contribution in [0.15, 0.2) is 54.6 Å². The third kappa shape index (κ3) is 3.73. The summed E-state index contributed by atoms with van der Waals surface area (Å²) >= 11 is 0. The van der Waals surface area contributed by atoms with Gasteiger partial charge in [0.2, 0.25) is 5.91 Å². The first-order valence-corrected chi connectivity index (χ1v) is 9.07. The standard InChI is InChI=1S/C21H23N3O/c25-20(22-14-6-9-16-7-2-1-3-8-16)15-24-19-11-5-4-10-18(19)23-21(24)17-12-13-17/h1-5,7-8,10-11,17H,6,9,12-15H2,(H,22,25). The summed E-state index contributed by atoms with van der Waals surface area (Å²) in [7, 11) is 0. The van der Waals surface area contributed by atoms with Crippen LogP contribution in [0.5, 0.6) is 0 Å². The molecule has 0 saturated heterocycles. The molecule has 128 valence electrons. The Hall–Kier alpha value is -2.62. The number of para-hydroxylation sites is 2. The lowest BCUT2D eigenvalue weighted by molar-refractivity contribution is -0.121. The number of amides is 1. The highest BCUT2D eigenvalue weighted by Crippen LogP contribution is 2.40. The molecule has 0 unspecified atom stereocenters. The van der Waals surface area contributed by atoms with Gasteiger partial charge in [0.25, 0.3) is 0 Å². The molecular weight excluding hydrogens is 310 g/mol. The van der Waals surface area contributed by atoms with Gasteiger partial charge in [-0.3, -0.25) is 4.79 Å². The van der Waals surface area contributed by atoms with Crippen LogP contribution in [-0.2, 0) is 17.8 Å². The van der Waals surface area contributed by atoms with Gasteiger partial charge in [0, 0.05) is 12.5 Å². The van der Waals surface area contributed by atoms with Crippen molar-refractivity contribution in [3.05, 3.63) is 66.0 Å². The van der Waals surface area contributed by atoms with Crippen molar-refractivity contribution in [2.75, 3.05) is 6.54 Å². The van der Waals surface area contributed by atoms with Crippen LogP contribution in [0.3, 0.4) is 0 Å². The molecule has 0 bridgehead atoms. The second-order valence-corrected chi connectivity index (χ2v) is 6.76. The van der Waals surface area contributed by atoms with E-state index in [1.165, 1.54) is 18.4 Å². The Morgan fingerprint density at radius 1 is 1.08 bits per heavy atom. The lowest BCUT2D eigenvalue weighted by Gasteiger charge is -2.10. The normalized spacial score (nSPS) is 13.9. The van der Waals surface area contributed by atoms with Crippen LogP contribution >= 0.6 is 0 Å². The quantitative estimate of drug-likeness (QED) is 0.671. The summed E-state index contributed by atoms with van der Waals surface area (Å²) in [5.41, 5.74) is 3.36. The molecule has 3 aromatic rings. The summed E-state index contributed by atoms with van der Waals surface area (Å²) in [6.07, 6.45) is 4.31. The van der Waals surface area contributed by atoms with Crippen LogP contribution in [0.4, 0.5) is 0 Å². The number of nitrogens with zero attached hydrogens (tertiary/aromatic N) is 2. The van der Waals surface area contributed by atoms with E-state index < -0.39 is 0 Å². The lowest BCUT2D eigenvalue weighted by atomic mass is 10.1. The molecule has 1 aliphatic rings. The highest BCUT2D eigenvalue weighted by molar-refractivity contribution is 5.81. The van der Waals surface area contributed by atoms with E-state index in [-0.39, 0.29) is 5.91 Å². The molecule has 4 nitrogen and oxygen atoms in total. The first-order chi connectivity index (χ1) is 12.3. The first kappa shape index (κ1) is 15.9. The molecule has 1 aliphatic carbocycles. The van der Waals surface area contributed by atoms with E-state index in [1.807, 2.05) is 24.3 Å². The van der Waals surface area contributed by atoms with Crippen molar-refractivity contribution in [2.24, 2.45) is 0 Å². The Kier molecular flexibility index (Phi) is 4.51. The Morgan fingerprint density at radius 3 is 2.64 bits per heavy atom. The number of nitrogens with one attached hydrogen (secondary N) is 1. The fraction of sp³-hybridized carbons (Fsp3) is 0.333. The van der Waals surface area contributed by atoms with Gasteiger partial charge in [-0.2, -0.15) is 0 Å². The number of fused-ring (bicyclic) bond motifs is 1. The fourth-order valence-electron chi connectivity index (χ4n) is 3.28. The monoisotopic (exact) mass is 333 g/mol. The number of aromatic nitrogens is 2. The minimum atomic E-state index is 0.0677. The molecule has 2 aromatic carbocycles. The number of hydrogen-bond acceptors (Lipinski definition) is 2. The molecule has 0 aliphatic heterocycles. The number of imidazole rings is 1. The van der Waals surface area contributed by atoms with Crippen LogP contribution in [0.2, 0.25) is 0 Å². The minimum absolute atomic E-state index is 0.0677. The first-order valence-electron chi connectivity index (χ1n) is 9.07. The maximum absolute atomic E-state index is 12.4. The van der Waals surface area contributed by atoms with Gasteiger partial charge in [-0.25, -0.2) is 4.98 Å². The van der Waals surface area contributed by atoms with Gasteiger partial charge in [-0.1, -0.05) is 42.5 Å². The smallest absolute Gasteiger partial charge is 0.240 e. The number of aryl methyl sites for hydroxylation is 1. The zero-order chi connectivity index (χ0) is 17.1. The van der Waals surface area contributed by atoms with Gasteiger partial charge in [0.1, 0.15) is 12.4 Å². The molecule has 1 heterocycles. The van der Waals surface area contributed by atoms with Crippen LogP contribution in [-0.4, -0.2) is 22.0 Å². The molecular formula is C21H23N3O. The topological polar surface area (TPSA) is 46.9 Å². The van der Waals surface area contributed by atoms with E-state index in [0.29, 0.717) is 19.0 Å². The van der Waals surface area contributed by atoms with E-state index in [9.17, 15) is 4.79 Å². The van der Waals surface area contributed by atoms with E-state index in [0.717, 1.165) is 29.7 Å². The zero-order valence-corrected chi connectivity index (χ0v) is 14.3. The molecule has 25 heavy (non-hydrogen) atoms. The second kappa shape index (κ2) is 7.09. The van der Waals surface area contributed by atoms with E-state index in [1.54, 1.807) is 0 Å². The van der Waals surface area contributed by atoms with Gasteiger partial charge < -0.3 is 9.88 Å². The SMILES string of the molecule is O=C(Cn1c(C2CC2)nc2ccccc21)NCCCc1ccccc1. The molecule has 1 fully saturated rings. The molecule has 4 heteroatoms. The molecule has 0 atom stereocenters. The summed E-state index contributed by atoms with van der Waals surface area (Å²) in [6, 6.07) is 18.5. The zero-order valence-electron chi connectivity index (χ0n) is 14.3. The van der Waals surface area contributed by atoms with Gasteiger partial charge in [0.05, 0.1) is 11.0 Å². The highest BCUT2D eigenvalue weighted by Gasteiger charge is 2.30. The van der Waals surface area contributed by atoms with E-state index >= 15 is 0 Å². The Balaban J connectivity index is 1.36.